The highest BCUT2D eigenvalue weighted by Crippen LogP contribution is 2.13. The van der Waals surface area contributed by atoms with Crippen LogP contribution in [0, 0.1) is 17.1 Å². The van der Waals surface area contributed by atoms with Crippen molar-refractivity contribution in [3.8, 4) is 6.07 Å². The lowest BCUT2D eigenvalue weighted by atomic mass is 10.1. The molecule has 22 heavy (non-hydrogen) atoms. The Labute approximate surface area is 129 Å². The predicted octanol–water partition coefficient (Wildman–Crippen LogP) is 3.75. The molecule has 0 saturated carbocycles. The summed E-state index contributed by atoms with van der Waals surface area (Å²) in [5.74, 6) is -0.605. The second kappa shape index (κ2) is 7.37. The van der Waals surface area contributed by atoms with Crippen LogP contribution in [0.1, 0.15) is 34.8 Å². The van der Waals surface area contributed by atoms with Gasteiger partial charge in [-0.05, 0) is 42.3 Å². The van der Waals surface area contributed by atoms with Crippen LogP contribution in [0.5, 0.6) is 0 Å². The van der Waals surface area contributed by atoms with Gasteiger partial charge in [-0.2, -0.15) is 5.26 Å². The largest absolute Gasteiger partial charge is 0.334 e. The maximum Gasteiger partial charge on any atom is 0.254 e. The first-order valence-corrected chi connectivity index (χ1v) is 7.18. The Morgan fingerprint density at radius 2 is 1.95 bits per heavy atom. The molecule has 0 fully saturated rings. The van der Waals surface area contributed by atoms with Gasteiger partial charge < -0.3 is 4.90 Å². The number of carbonyl (C=O) groups excluding carboxylic acids is 1. The van der Waals surface area contributed by atoms with Crippen LogP contribution in [0.4, 0.5) is 4.39 Å². The highest BCUT2D eigenvalue weighted by molar-refractivity contribution is 5.94. The van der Waals surface area contributed by atoms with E-state index >= 15 is 0 Å². The van der Waals surface area contributed by atoms with E-state index in [2.05, 4.69) is 6.07 Å². The average Bonchev–Trinajstić information content (AvgIpc) is 2.54. The molecule has 0 unspecified atom stereocenters. The minimum atomic E-state index is -0.416. The number of nitriles is 1. The van der Waals surface area contributed by atoms with Gasteiger partial charge in [-0.3, -0.25) is 4.79 Å². The Bertz CT molecular complexity index is 689. The zero-order valence-electron chi connectivity index (χ0n) is 12.4. The van der Waals surface area contributed by atoms with E-state index in [9.17, 15) is 9.18 Å². The summed E-state index contributed by atoms with van der Waals surface area (Å²) >= 11 is 0. The van der Waals surface area contributed by atoms with E-state index in [1.54, 1.807) is 23.1 Å². The highest BCUT2D eigenvalue weighted by atomic mass is 19.1. The molecule has 1 amide bonds. The molecule has 0 atom stereocenters. The molecule has 4 heteroatoms. The fourth-order valence-corrected chi connectivity index (χ4v) is 2.23. The van der Waals surface area contributed by atoms with Crippen LogP contribution in [0.2, 0.25) is 0 Å². The van der Waals surface area contributed by atoms with Crippen molar-refractivity contribution in [3.05, 3.63) is 71.0 Å². The molecule has 3 nitrogen and oxygen atoms in total. The van der Waals surface area contributed by atoms with Crippen molar-refractivity contribution in [3.63, 3.8) is 0 Å². The topological polar surface area (TPSA) is 44.1 Å². The van der Waals surface area contributed by atoms with Gasteiger partial charge in [0.25, 0.3) is 5.91 Å². The smallest absolute Gasteiger partial charge is 0.254 e. The number of halogens is 1. The zero-order chi connectivity index (χ0) is 15.9. The van der Waals surface area contributed by atoms with Crippen LogP contribution in [-0.2, 0) is 6.54 Å². The molecule has 0 aliphatic rings. The van der Waals surface area contributed by atoms with Gasteiger partial charge in [0.05, 0.1) is 11.6 Å². The number of nitrogens with zero attached hydrogens (tertiary/aromatic N) is 2. The van der Waals surface area contributed by atoms with E-state index in [0.717, 1.165) is 12.0 Å². The number of hydrogen-bond donors (Lipinski definition) is 0. The number of benzene rings is 2. The maximum absolute atomic E-state index is 13.3. The van der Waals surface area contributed by atoms with Crippen molar-refractivity contribution in [2.75, 3.05) is 6.54 Å². The first kappa shape index (κ1) is 15.7. The van der Waals surface area contributed by atoms with Crippen molar-refractivity contribution < 1.29 is 9.18 Å². The van der Waals surface area contributed by atoms with Crippen LogP contribution in [0.3, 0.4) is 0 Å². The van der Waals surface area contributed by atoms with Crippen LogP contribution in [0.15, 0.2) is 48.5 Å². The molecule has 0 heterocycles. The Morgan fingerprint density at radius 1 is 1.23 bits per heavy atom. The van der Waals surface area contributed by atoms with Crippen LogP contribution in [0.25, 0.3) is 0 Å². The first-order chi connectivity index (χ1) is 10.6. The molecule has 0 bridgehead atoms. The quantitative estimate of drug-likeness (QED) is 0.843. The fourth-order valence-electron chi connectivity index (χ4n) is 2.23. The summed E-state index contributed by atoms with van der Waals surface area (Å²) in [6.07, 6.45) is 0.817. The lowest BCUT2D eigenvalue weighted by molar-refractivity contribution is 0.0742. The summed E-state index contributed by atoms with van der Waals surface area (Å²) in [6.45, 7) is 3.02. The molecular formula is C18H17FN2O. The van der Waals surface area contributed by atoms with E-state index in [4.69, 9.17) is 5.26 Å². The Hall–Kier alpha value is -2.67. The van der Waals surface area contributed by atoms with Crippen molar-refractivity contribution in [2.24, 2.45) is 0 Å². The van der Waals surface area contributed by atoms with Gasteiger partial charge in [-0.1, -0.05) is 25.1 Å². The van der Waals surface area contributed by atoms with Gasteiger partial charge >= 0.3 is 0 Å². The minimum absolute atomic E-state index is 0.189. The van der Waals surface area contributed by atoms with Gasteiger partial charge in [0.15, 0.2) is 0 Å². The van der Waals surface area contributed by atoms with Crippen molar-refractivity contribution in [1.29, 1.82) is 5.26 Å². The van der Waals surface area contributed by atoms with Crippen LogP contribution < -0.4 is 0 Å². The third-order valence-corrected chi connectivity index (χ3v) is 3.31. The third kappa shape index (κ3) is 3.92. The summed E-state index contributed by atoms with van der Waals surface area (Å²) in [5.41, 5.74) is 1.88. The monoisotopic (exact) mass is 296 g/mol. The number of rotatable bonds is 5. The molecule has 0 spiro atoms. The molecule has 112 valence electrons. The zero-order valence-corrected chi connectivity index (χ0v) is 12.4. The minimum Gasteiger partial charge on any atom is -0.334 e. The first-order valence-electron chi connectivity index (χ1n) is 7.18. The molecule has 0 radical (unpaired) electrons. The average molecular weight is 296 g/mol. The van der Waals surface area contributed by atoms with Gasteiger partial charge in [-0.25, -0.2) is 4.39 Å². The van der Waals surface area contributed by atoms with Crippen molar-refractivity contribution in [1.82, 2.24) is 4.90 Å². The Balaban J connectivity index is 2.18. The molecule has 0 aliphatic heterocycles. The second-order valence-electron chi connectivity index (χ2n) is 5.05. The number of hydrogen-bond acceptors (Lipinski definition) is 2. The van der Waals surface area contributed by atoms with E-state index in [1.165, 1.54) is 18.2 Å². The van der Waals surface area contributed by atoms with Gasteiger partial charge in [0, 0.05) is 18.7 Å². The summed E-state index contributed by atoms with van der Waals surface area (Å²) in [4.78, 5) is 14.2. The van der Waals surface area contributed by atoms with Gasteiger partial charge in [-0.15, -0.1) is 0 Å². The third-order valence-electron chi connectivity index (χ3n) is 3.31. The van der Waals surface area contributed by atoms with Crippen molar-refractivity contribution >= 4 is 5.91 Å². The molecule has 2 aromatic carbocycles. The van der Waals surface area contributed by atoms with E-state index < -0.39 is 5.82 Å². The molecule has 0 aliphatic carbocycles. The predicted molar refractivity (Wildman–Crippen MR) is 82.6 cm³/mol. The molecule has 2 aromatic rings. The fraction of sp³-hybridized carbons (Fsp3) is 0.222. The number of carbonyl (C=O) groups is 1. The summed E-state index contributed by atoms with van der Waals surface area (Å²) in [6, 6.07) is 14.9. The lowest BCUT2D eigenvalue weighted by Crippen LogP contribution is -2.31. The summed E-state index contributed by atoms with van der Waals surface area (Å²) < 4.78 is 13.3. The summed E-state index contributed by atoms with van der Waals surface area (Å²) in [5, 5.41) is 8.81. The van der Waals surface area contributed by atoms with E-state index in [1.807, 2.05) is 19.1 Å². The van der Waals surface area contributed by atoms with Crippen LogP contribution in [-0.4, -0.2) is 17.4 Å². The normalized spacial score (nSPS) is 10.0. The van der Waals surface area contributed by atoms with E-state index in [-0.39, 0.29) is 5.91 Å². The molecule has 0 saturated heterocycles. The Kier molecular flexibility index (Phi) is 5.26. The molecule has 2 rings (SSSR count). The van der Waals surface area contributed by atoms with Gasteiger partial charge in [0.1, 0.15) is 5.82 Å². The molecular weight excluding hydrogens is 279 g/mol. The highest BCUT2D eigenvalue weighted by Gasteiger charge is 2.16. The Morgan fingerprint density at radius 3 is 2.55 bits per heavy atom. The van der Waals surface area contributed by atoms with Crippen molar-refractivity contribution in [2.45, 2.75) is 19.9 Å². The van der Waals surface area contributed by atoms with E-state index in [0.29, 0.717) is 24.2 Å². The van der Waals surface area contributed by atoms with Gasteiger partial charge in [0.2, 0.25) is 0 Å². The SMILES string of the molecule is CCCN(Cc1ccc(C#N)cc1)C(=O)c1cccc(F)c1. The molecule has 0 aromatic heterocycles. The lowest BCUT2D eigenvalue weighted by Gasteiger charge is -2.22. The van der Waals surface area contributed by atoms with Crippen LogP contribution >= 0.6 is 0 Å². The number of amides is 1. The molecule has 0 N–H and O–H groups in total. The second-order valence-corrected chi connectivity index (χ2v) is 5.05. The maximum atomic E-state index is 13.3. The summed E-state index contributed by atoms with van der Waals surface area (Å²) in [7, 11) is 0. The standard InChI is InChI=1S/C18H17FN2O/c1-2-10-21(13-15-8-6-14(12-20)7-9-15)18(22)16-4-3-5-17(19)11-16/h3-9,11H,2,10,13H2,1H3.